The molecule has 7 nitrogen and oxygen atoms in total. The molecular weight excluding hydrogens is 308 g/mol. The monoisotopic (exact) mass is 330 g/mol. The molecule has 1 aromatic heterocycles. The Labute approximate surface area is 141 Å². The number of nitrogens with zero attached hydrogens (tertiary/aromatic N) is 2. The van der Waals surface area contributed by atoms with Crippen molar-refractivity contribution in [1.29, 1.82) is 0 Å². The van der Waals surface area contributed by atoms with Crippen molar-refractivity contribution in [3.8, 4) is 11.5 Å². The van der Waals surface area contributed by atoms with Crippen LogP contribution in [-0.4, -0.2) is 36.6 Å². The third kappa shape index (κ3) is 4.58. The summed E-state index contributed by atoms with van der Waals surface area (Å²) in [6.45, 7) is 2.92. The van der Waals surface area contributed by atoms with Crippen LogP contribution in [-0.2, 0) is 0 Å². The Morgan fingerprint density at radius 3 is 2.62 bits per heavy atom. The number of carbonyl (C=O) groups excluding carboxylic acids is 1. The summed E-state index contributed by atoms with van der Waals surface area (Å²) >= 11 is 0. The minimum Gasteiger partial charge on any atom is -0.493 e. The van der Waals surface area contributed by atoms with E-state index in [1.54, 1.807) is 38.5 Å². The second kappa shape index (κ2) is 8.71. The first-order valence-electron chi connectivity index (χ1n) is 7.77. The molecule has 2 N–H and O–H groups in total. The van der Waals surface area contributed by atoms with Gasteiger partial charge < -0.3 is 20.1 Å². The number of nitrogens with one attached hydrogen (secondary N) is 2. The number of methoxy groups -OCH3 is 2. The maximum atomic E-state index is 12.3. The average molecular weight is 330 g/mol. The second-order valence-corrected chi connectivity index (χ2v) is 5.09. The average Bonchev–Trinajstić information content (AvgIpc) is 2.62. The molecule has 2 rings (SSSR count). The molecule has 0 radical (unpaired) electrons. The predicted octanol–water partition coefficient (Wildman–Crippen LogP) is 2.96. The van der Waals surface area contributed by atoms with Crippen LogP contribution in [0.15, 0.2) is 30.6 Å². The van der Waals surface area contributed by atoms with Crippen LogP contribution in [0.3, 0.4) is 0 Å². The van der Waals surface area contributed by atoms with Crippen molar-refractivity contribution < 1.29 is 14.3 Å². The fourth-order valence-corrected chi connectivity index (χ4v) is 2.08. The number of aromatic nitrogens is 2. The summed E-state index contributed by atoms with van der Waals surface area (Å²) in [5, 5.41) is 5.96. The van der Waals surface area contributed by atoms with Gasteiger partial charge in [0.15, 0.2) is 11.5 Å². The first kappa shape index (κ1) is 17.5. The Morgan fingerprint density at radius 2 is 1.92 bits per heavy atom. The standard InChI is InChI=1S/C17H22N4O3/c1-4-5-8-18-16-10-13(19-11-20-16)17(22)21-12-6-7-14(23-2)15(9-12)24-3/h6-7,9-11H,4-5,8H2,1-3H3,(H,21,22)(H,18,19,20). The summed E-state index contributed by atoms with van der Waals surface area (Å²) in [7, 11) is 3.10. The summed E-state index contributed by atoms with van der Waals surface area (Å²) in [6, 6.07) is 6.79. The van der Waals surface area contributed by atoms with Crippen LogP contribution in [0, 0.1) is 0 Å². The highest BCUT2D eigenvalue weighted by Crippen LogP contribution is 2.29. The Morgan fingerprint density at radius 1 is 1.12 bits per heavy atom. The van der Waals surface area contributed by atoms with Crippen molar-refractivity contribution in [2.45, 2.75) is 19.8 Å². The lowest BCUT2D eigenvalue weighted by Crippen LogP contribution is -2.15. The fraction of sp³-hybridized carbons (Fsp3) is 0.353. The third-order valence-electron chi connectivity index (χ3n) is 3.38. The molecule has 0 atom stereocenters. The van der Waals surface area contributed by atoms with E-state index in [4.69, 9.17) is 9.47 Å². The topological polar surface area (TPSA) is 85.4 Å². The van der Waals surface area contributed by atoms with E-state index >= 15 is 0 Å². The molecule has 0 fully saturated rings. The number of hydrogen-bond acceptors (Lipinski definition) is 6. The van der Waals surface area contributed by atoms with Crippen LogP contribution < -0.4 is 20.1 Å². The van der Waals surface area contributed by atoms with Gasteiger partial charge in [0, 0.05) is 24.4 Å². The van der Waals surface area contributed by atoms with Gasteiger partial charge in [-0.1, -0.05) is 13.3 Å². The molecule has 7 heteroatoms. The maximum Gasteiger partial charge on any atom is 0.274 e. The summed E-state index contributed by atoms with van der Waals surface area (Å²) in [6.07, 6.45) is 3.50. The van der Waals surface area contributed by atoms with E-state index < -0.39 is 0 Å². The Kier molecular flexibility index (Phi) is 6.36. The van der Waals surface area contributed by atoms with Gasteiger partial charge >= 0.3 is 0 Å². The van der Waals surface area contributed by atoms with E-state index in [0.29, 0.717) is 28.7 Å². The molecule has 0 aliphatic rings. The van der Waals surface area contributed by atoms with E-state index in [2.05, 4.69) is 27.5 Å². The molecule has 2 aromatic rings. The third-order valence-corrected chi connectivity index (χ3v) is 3.38. The zero-order valence-corrected chi connectivity index (χ0v) is 14.1. The van der Waals surface area contributed by atoms with Gasteiger partial charge in [-0.15, -0.1) is 0 Å². The molecular formula is C17H22N4O3. The first-order valence-corrected chi connectivity index (χ1v) is 7.77. The minimum atomic E-state index is -0.317. The van der Waals surface area contributed by atoms with E-state index in [9.17, 15) is 4.79 Å². The molecule has 0 saturated heterocycles. The van der Waals surface area contributed by atoms with Crippen LogP contribution in [0.25, 0.3) is 0 Å². The lowest BCUT2D eigenvalue weighted by molar-refractivity contribution is 0.102. The van der Waals surface area contributed by atoms with Crippen molar-refractivity contribution in [1.82, 2.24) is 9.97 Å². The summed E-state index contributed by atoms with van der Waals surface area (Å²) < 4.78 is 10.4. The van der Waals surface area contributed by atoms with Gasteiger partial charge in [0.25, 0.3) is 5.91 Å². The SMILES string of the molecule is CCCCNc1cc(C(=O)Nc2ccc(OC)c(OC)c2)ncn1. The molecule has 0 spiro atoms. The van der Waals surface area contributed by atoms with Crippen LogP contribution >= 0.6 is 0 Å². The van der Waals surface area contributed by atoms with Crippen molar-refractivity contribution in [3.05, 3.63) is 36.3 Å². The number of rotatable bonds is 8. The molecule has 1 heterocycles. The zero-order chi connectivity index (χ0) is 17.4. The van der Waals surface area contributed by atoms with E-state index in [0.717, 1.165) is 19.4 Å². The van der Waals surface area contributed by atoms with Crippen LogP contribution in [0.5, 0.6) is 11.5 Å². The predicted molar refractivity (Wildman–Crippen MR) is 92.9 cm³/mol. The number of benzene rings is 1. The number of carbonyl (C=O) groups is 1. The number of ether oxygens (including phenoxy) is 2. The number of hydrogen-bond donors (Lipinski definition) is 2. The lowest BCUT2D eigenvalue weighted by atomic mass is 10.2. The molecule has 0 bridgehead atoms. The maximum absolute atomic E-state index is 12.3. The molecule has 128 valence electrons. The van der Waals surface area contributed by atoms with Crippen molar-refractivity contribution >= 4 is 17.4 Å². The molecule has 24 heavy (non-hydrogen) atoms. The highest BCUT2D eigenvalue weighted by Gasteiger charge is 2.11. The van der Waals surface area contributed by atoms with Crippen LogP contribution in [0.4, 0.5) is 11.5 Å². The van der Waals surface area contributed by atoms with E-state index in [-0.39, 0.29) is 5.91 Å². The molecule has 0 aliphatic carbocycles. The zero-order valence-electron chi connectivity index (χ0n) is 14.1. The quantitative estimate of drug-likeness (QED) is 0.724. The smallest absolute Gasteiger partial charge is 0.274 e. The second-order valence-electron chi connectivity index (χ2n) is 5.09. The van der Waals surface area contributed by atoms with Crippen LogP contribution in [0.1, 0.15) is 30.3 Å². The minimum absolute atomic E-state index is 0.291. The molecule has 0 saturated carbocycles. The highest BCUT2D eigenvalue weighted by atomic mass is 16.5. The fourth-order valence-electron chi connectivity index (χ4n) is 2.08. The Balaban J connectivity index is 2.08. The number of unbranched alkanes of at least 4 members (excludes halogenated alkanes) is 1. The Hall–Kier alpha value is -2.83. The van der Waals surface area contributed by atoms with Crippen molar-refractivity contribution in [3.63, 3.8) is 0 Å². The van der Waals surface area contributed by atoms with Crippen molar-refractivity contribution in [2.24, 2.45) is 0 Å². The summed E-state index contributed by atoms with van der Waals surface area (Å²) in [5.41, 5.74) is 0.885. The van der Waals surface area contributed by atoms with Gasteiger partial charge in [-0.2, -0.15) is 0 Å². The van der Waals surface area contributed by atoms with Gasteiger partial charge in [-0.05, 0) is 18.6 Å². The van der Waals surface area contributed by atoms with Gasteiger partial charge in [-0.25, -0.2) is 9.97 Å². The molecule has 1 amide bonds. The lowest BCUT2D eigenvalue weighted by Gasteiger charge is -2.11. The summed E-state index contributed by atoms with van der Waals surface area (Å²) in [5.74, 6) is 1.46. The summed E-state index contributed by atoms with van der Waals surface area (Å²) in [4.78, 5) is 20.5. The van der Waals surface area contributed by atoms with Gasteiger partial charge in [0.2, 0.25) is 0 Å². The van der Waals surface area contributed by atoms with Gasteiger partial charge in [-0.3, -0.25) is 4.79 Å². The van der Waals surface area contributed by atoms with Gasteiger partial charge in [0.1, 0.15) is 17.8 Å². The molecule has 0 unspecified atom stereocenters. The number of amides is 1. The van der Waals surface area contributed by atoms with Crippen LogP contribution in [0.2, 0.25) is 0 Å². The molecule has 0 aliphatic heterocycles. The van der Waals surface area contributed by atoms with Crippen molar-refractivity contribution in [2.75, 3.05) is 31.4 Å². The molecule has 1 aromatic carbocycles. The van der Waals surface area contributed by atoms with Gasteiger partial charge in [0.05, 0.1) is 14.2 Å². The normalized spacial score (nSPS) is 10.1. The first-order chi connectivity index (χ1) is 11.7. The highest BCUT2D eigenvalue weighted by molar-refractivity contribution is 6.03. The van der Waals surface area contributed by atoms with E-state index in [1.165, 1.54) is 6.33 Å². The van der Waals surface area contributed by atoms with E-state index in [1.807, 2.05) is 0 Å². The largest absolute Gasteiger partial charge is 0.493 e. The Bertz CT molecular complexity index is 691. The number of anilines is 2.